The third-order valence-corrected chi connectivity index (χ3v) is 2.51. The van der Waals surface area contributed by atoms with E-state index in [1.54, 1.807) is 16.8 Å². The van der Waals surface area contributed by atoms with E-state index < -0.39 is 0 Å². The van der Waals surface area contributed by atoms with Gasteiger partial charge in [-0.2, -0.15) is 5.10 Å². The molecule has 6 nitrogen and oxygen atoms in total. The van der Waals surface area contributed by atoms with E-state index in [1.807, 2.05) is 12.1 Å². The van der Waals surface area contributed by atoms with Crippen molar-refractivity contribution in [3.8, 4) is 5.69 Å². The first-order chi connectivity index (χ1) is 8.25. The molecule has 0 atom stereocenters. The van der Waals surface area contributed by atoms with E-state index in [0.29, 0.717) is 16.7 Å². The minimum atomic E-state index is -0.198. The van der Waals surface area contributed by atoms with Crippen molar-refractivity contribution in [2.75, 3.05) is 5.73 Å². The van der Waals surface area contributed by atoms with Gasteiger partial charge in [-0.25, -0.2) is 9.67 Å². The minimum absolute atomic E-state index is 0.198. The molecule has 0 saturated carbocycles. The first-order valence-corrected chi connectivity index (χ1v) is 5.03. The molecule has 0 spiro atoms. The Balaban J connectivity index is 2.28. The van der Waals surface area contributed by atoms with Gasteiger partial charge < -0.3 is 10.7 Å². The quantitative estimate of drug-likeness (QED) is 0.598. The van der Waals surface area contributed by atoms with Gasteiger partial charge in [-0.1, -0.05) is 0 Å². The average molecular weight is 227 g/mol. The summed E-state index contributed by atoms with van der Waals surface area (Å²) >= 11 is 0. The van der Waals surface area contributed by atoms with Crippen LogP contribution in [0.25, 0.3) is 16.7 Å². The SMILES string of the molecule is Nc1ccc(-n2ncc3c(=O)[nH]cnc32)cc1. The number of hydrogen-bond donors (Lipinski definition) is 2. The van der Waals surface area contributed by atoms with Crippen LogP contribution in [0.2, 0.25) is 0 Å². The molecular formula is C11H9N5O. The van der Waals surface area contributed by atoms with Crippen LogP contribution in [-0.4, -0.2) is 19.7 Å². The van der Waals surface area contributed by atoms with Gasteiger partial charge in [-0.3, -0.25) is 4.79 Å². The Hall–Kier alpha value is -2.63. The highest BCUT2D eigenvalue weighted by molar-refractivity contribution is 5.74. The number of rotatable bonds is 1. The molecule has 3 rings (SSSR count). The Morgan fingerprint density at radius 2 is 2.00 bits per heavy atom. The maximum atomic E-state index is 11.5. The van der Waals surface area contributed by atoms with Crippen molar-refractivity contribution in [2.24, 2.45) is 0 Å². The molecule has 3 aromatic rings. The highest BCUT2D eigenvalue weighted by Gasteiger charge is 2.08. The molecule has 0 saturated heterocycles. The standard InChI is InChI=1S/C11H9N5O/c12-7-1-3-8(4-2-7)16-10-9(5-15-16)11(17)14-6-13-10/h1-6H,12H2,(H,13,14,17). The molecule has 0 aliphatic heterocycles. The molecule has 0 unspecified atom stereocenters. The number of nitrogens with two attached hydrogens (primary N) is 1. The van der Waals surface area contributed by atoms with Crippen LogP contribution in [0.3, 0.4) is 0 Å². The lowest BCUT2D eigenvalue weighted by molar-refractivity contribution is 0.895. The fourth-order valence-corrected chi connectivity index (χ4v) is 1.66. The molecule has 0 fully saturated rings. The number of H-pyrrole nitrogens is 1. The van der Waals surface area contributed by atoms with Crippen LogP contribution in [0.1, 0.15) is 0 Å². The topological polar surface area (TPSA) is 89.6 Å². The zero-order chi connectivity index (χ0) is 11.8. The molecule has 1 aromatic carbocycles. The molecule has 2 heterocycles. The number of nitrogens with zero attached hydrogens (tertiary/aromatic N) is 3. The fraction of sp³-hybridized carbons (Fsp3) is 0. The summed E-state index contributed by atoms with van der Waals surface area (Å²) in [5.41, 5.74) is 7.43. The number of fused-ring (bicyclic) bond motifs is 1. The third-order valence-electron chi connectivity index (χ3n) is 2.51. The van der Waals surface area contributed by atoms with Gasteiger partial charge in [-0.15, -0.1) is 0 Å². The molecule has 0 bridgehead atoms. The summed E-state index contributed by atoms with van der Waals surface area (Å²) in [5.74, 6) is 0. The summed E-state index contributed by atoms with van der Waals surface area (Å²) < 4.78 is 1.60. The summed E-state index contributed by atoms with van der Waals surface area (Å²) in [7, 11) is 0. The maximum Gasteiger partial charge on any atom is 0.261 e. The van der Waals surface area contributed by atoms with E-state index >= 15 is 0 Å². The monoisotopic (exact) mass is 227 g/mol. The maximum absolute atomic E-state index is 11.5. The number of anilines is 1. The van der Waals surface area contributed by atoms with E-state index in [9.17, 15) is 4.79 Å². The number of aromatic amines is 1. The predicted molar refractivity (Wildman–Crippen MR) is 63.9 cm³/mol. The largest absolute Gasteiger partial charge is 0.399 e. The van der Waals surface area contributed by atoms with Crippen molar-refractivity contribution in [3.05, 3.63) is 47.1 Å². The van der Waals surface area contributed by atoms with Gasteiger partial charge in [0.1, 0.15) is 5.39 Å². The Kier molecular flexibility index (Phi) is 1.94. The molecule has 2 aromatic heterocycles. The van der Waals surface area contributed by atoms with Gasteiger partial charge in [0.2, 0.25) is 0 Å². The number of hydrogen-bond acceptors (Lipinski definition) is 4. The molecular weight excluding hydrogens is 218 g/mol. The summed E-state index contributed by atoms with van der Waals surface area (Å²) in [5, 5.41) is 4.61. The van der Waals surface area contributed by atoms with Crippen molar-refractivity contribution >= 4 is 16.7 Å². The van der Waals surface area contributed by atoms with Crippen LogP contribution in [0.5, 0.6) is 0 Å². The summed E-state index contributed by atoms with van der Waals surface area (Å²) in [6.45, 7) is 0. The van der Waals surface area contributed by atoms with Crippen molar-refractivity contribution in [1.29, 1.82) is 0 Å². The van der Waals surface area contributed by atoms with Crippen LogP contribution in [-0.2, 0) is 0 Å². The van der Waals surface area contributed by atoms with Crippen molar-refractivity contribution in [2.45, 2.75) is 0 Å². The Bertz CT molecular complexity index is 725. The molecule has 0 aliphatic rings. The Labute approximate surface area is 95.7 Å². The number of nitrogens with one attached hydrogen (secondary N) is 1. The van der Waals surface area contributed by atoms with E-state index in [1.165, 1.54) is 12.5 Å². The molecule has 3 N–H and O–H groups in total. The van der Waals surface area contributed by atoms with Gasteiger partial charge in [0.25, 0.3) is 5.56 Å². The average Bonchev–Trinajstić information content (AvgIpc) is 2.75. The Morgan fingerprint density at radius 3 is 2.76 bits per heavy atom. The number of benzene rings is 1. The molecule has 17 heavy (non-hydrogen) atoms. The summed E-state index contributed by atoms with van der Waals surface area (Å²) in [6, 6.07) is 7.20. The molecule has 0 radical (unpaired) electrons. The number of nitrogen functional groups attached to an aromatic ring is 1. The van der Waals surface area contributed by atoms with E-state index in [-0.39, 0.29) is 5.56 Å². The van der Waals surface area contributed by atoms with E-state index in [2.05, 4.69) is 15.1 Å². The van der Waals surface area contributed by atoms with Crippen LogP contribution in [0.15, 0.2) is 41.6 Å². The highest BCUT2D eigenvalue weighted by Crippen LogP contribution is 2.14. The molecule has 0 amide bonds. The number of aromatic nitrogens is 4. The first-order valence-electron chi connectivity index (χ1n) is 5.03. The normalized spacial score (nSPS) is 10.8. The first kappa shape index (κ1) is 9.59. The fourth-order valence-electron chi connectivity index (χ4n) is 1.66. The van der Waals surface area contributed by atoms with Crippen LogP contribution < -0.4 is 11.3 Å². The highest BCUT2D eigenvalue weighted by atomic mass is 16.1. The van der Waals surface area contributed by atoms with Crippen molar-refractivity contribution in [3.63, 3.8) is 0 Å². The van der Waals surface area contributed by atoms with Crippen LogP contribution in [0.4, 0.5) is 5.69 Å². The summed E-state index contributed by atoms with van der Waals surface area (Å²) in [4.78, 5) is 18.1. The lowest BCUT2D eigenvalue weighted by Gasteiger charge is -2.02. The second-order valence-electron chi connectivity index (χ2n) is 3.62. The van der Waals surface area contributed by atoms with E-state index in [0.717, 1.165) is 5.69 Å². The second kappa shape index (κ2) is 3.44. The minimum Gasteiger partial charge on any atom is -0.399 e. The summed E-state index contributed by atoms with van der Waals surface area (Å²) in [6.07, 6.45) is 2.86. The molecule has 6 heteroatoms. The molecule has 0 aliphatic carbocycles. The van der Waals surface area contributed by atoms with Gasteiger partial charge in [0, 0.05) is 5.69 Å². The lowest BCUT2D eigenvalue weighted by Crippen LogP contribution is -2.06. The Morgan fingerprint density at radius 1 is 1.24 bits per heavy atom. The van der Waals surface area contributed by atoms with Crippen LogP contribution in [0, 0.1) is 0 Å². The molecule has 84 valence electrons. The van der Waals surface area contributed by atoms with Crippen molar-refractivity contribution < 1.29 is 0 Å². The zero-order valence-corrected chi connectivity index (χ0v) is 8.79. The second-order valence-corrected chi connectivity index (χ2v) is 3.62. The smallest absolute Gasteiger partial charge is 0.261 e. The van der Waals surface area contributed by atoms with Gasteiger partial charge in [0.05, 0.1) is 18.2 Å². The lowest BCUT2D eigenvalue weighted by atomic mass is 10.3. The third kappa shape index (κ3) is 1.46. The zero-order valence-electron chi connectivity index (χ0n) is 8.79. The van der Waals surface area contributed by atoms with Gasteiger partial charge >= 0.3 is 0 Å². The van der Waals surface area contributed by atoms with E-state index in [4.69, 9.17) is 5.73 Å². The van der Waals surface area contributed by atoms with Crippen LogP contribution >= 0.6 is 0 Å². The predicted octanol–water partition coefficient (Wildman–Crippen LogP) is 0.691. The van der Waals surface area contributed by atoms with Crippen molar-refractivity contribution in [1.82, 2.24) is 19.7 Å². The van der Waals surface area contributed by atoms with Gasteiger partial charge in [0.15, 0.2) is 5.65 Å². The van der Waals surface area contributed by atoms with Gasteiger partial charge in [-0.05, 0) is 24.3 Å².